The Balaban J connectivity index is 1.72. The smallest absolute Gasteiger partial charge is 0.377 e. The van der Waals surface area contributed by atoms with Crippen LogP contribution in [0.3, 0.4) is 0 Å². The van der Waals surface area contributed by atoms with Crippen LogP contribution in [0.25, 0.3) is 0 Å². The van der Waals surface area contributed by atoms with Crippen molar-refractivity contribution in [2.75, 3.05) is 5.32 Å². The number of benzene rings is 4. The molecule has 1 spiro atoms. The van der Waals surface area contributed by atoms with E-state index in [1.165, 1.54) is 12.1 Å². The zero-order chi connectivity index (χ0) is 25.1. The van der Waals surface area contributed by atoms with E-state index in [0.717, 1.165) is 35.1 Å². The summed E-state index contributed by atoms with van der Waals surface area (Å²) in [6, 6.07) is 29.3. The van der Waals surface area contributed by atoms with Crippen molar-refractivity contribution < 1.29 is 13.2 Å². The van der Waals surface area contributed by atoms with Crippen LogP contribution in [0.5, 0.6) is 0 Å². The highest BCUT2D eigenvalue weighted by Crippen LogP contribution is 2.73. The summed E-state index contributed by atoms with van der Waals surface area (Å²) in [6.45, 7) is 0. The first-order valence-electron chi connectivity index (χ1n) is 11.8. The van der Waals surface area contributed by atoms with Crippen molar-refractivity contribution in [3.8, 4) is 0 Å². The standard InChI is InChI=1S/C30H22Cl2F3N/c31-23-11-6-20(7-12-23)29(21-8-13-24(32)14-9-21)25-15-10-22(30(33,34)35)18-26(25)36-27(28(29)16-17-28)19-4-2-1-3-5-19/h1-15,18,27,36H,16-17H2. The van der Waals surface area contributed by atoms with Gasteiger partial charge < -0.3 is 5.32 Å². The average Bonchev–Trinajstić information content (AvgIpc) is 3.66. The average molecular weight is 524 g/mol. The summed E-state index contributed by atoms with van der Waals surface area (Å²) in [5.74, 6) is 0. The minimum absolute atomic E-state index is 0.193. The molecule has 36 heavy (non-hydrogen) atoms. The second kappa shape index (κ2) is 8.29. The first kappa shape index (κ1) is 23.4. The third-order valence-electron chi connectivity index (χ3n) is 7.83. The first-order valence-corrected chi connectivity index (χ1v) is 12.6. The molecule has 2 aliphatic rings. The Bertz CT molecular complexity index is 1360. The molecule has 0 aromatic heterocycles. The van der Waals surface area contributed by atoms with Gasteiger partial charge in [-0.25, -0.2) is 0 Å². The van der Waals surface area contributed by atoms with Crippen LogP contribution in [0.15, 0.2) is 97.1 Å². The van der Waals surface area contributed by atoms with Crippen LogP contribution < -0.4 is 5.32 Å². The van der Waals surface area contributed by atoms with Gasteiger partial charge in [0.15, 0.2) is 0 Å². The van der Waals surface area contributed by atoms with E-state index in [4.69, 9.17) is 23.2 Å². The molecule has 6 heteroatoms. The van der Waals surface area contributed by atoms with Gasteiger partial charge in [0.25, 0.3) is 0 Å². The molecule has 182 valence electrons. The summed E-state index contributed by atoms with van der Waals surface area (Å²) < 4.78 is 41.4. The third-order valence-corrected chi connectivity index (χ3v) is 8.33. The van der Waals surface area contributed by atoms with Crippen LogP contribution in [0, 0.1) is 5.41 Å². The maximum Gasteiger partial charge on any atom is 0.416 e. The van der Waals surface area contributed by atoms with Crippen molar-refractivity contribution >= 4 is 28.9 Å². The molecule has 1 nitrogen and oxygen atoms in total. The van der Waals surface area contributed by atoms with Gasteiger partial charge in [-0.15, -0.1) is 0 Å². The predicted molar refractivity (Wildman–Crippen MR) is 139 cm³/mol. The van der Waals surface area contributed by atoms with Crippen molar-refractivity contribution in [1.29, 1.82) is 0 Å². The van der Waals surface area contributed by atoms with Crippen LogP contribution >= 0.6 is 23.2 Å². The molecule has 4 aromatic rings. The first-order chi connectivity index (χ1) is 17.3. The highest BCUT2D eigenvalue weighted by atomic mass is 35.5. The van der Waals surface area contributed by atoms with Gasteiger partial charge in [0.05, 0.1) is 17.0 Å². The molecule has 1 aliphatic carbocycles. The number of nitrogens with one attached hydrogen (secondary N) is 1. The summed E-state index contributed by atoms with van der Waals surface area (Å²) in [4.78, 5) is 0. The zero-order valence-corrected chi connectivity index (χ0v) is 20.6. The maximum atomic E-state index is 13.8. The van der Waals surface area contributed by atoms with Gasteiger partial charge in [-0.3, -0.25) is 0 Å². The van der Waals surface area contributed by atoms with E-state index in [9.17, 15) is 13.2 Å². The largest absolute Gasteiger partial charge is 0.416 e. The molecule has 1 heterocycles. The molecule has 1 unspecified atom stereocenters. The highest BCUT2D eigenvalue weighted by molar-refractivity contribution is 6.30. The molecule has 0 bridgehead atoms. The molecule has 0 radical (unpaired) electrons. The molecule has 4 aromatic carbocycles. The Morgan fingerprint density at radius 2 is 1.28 bits per heavy atom. The minimum atomic E-state index is -4.45. The summed E-state index contributed by atoms with van der Waals surface area (Å²) in [6.07, 6.45) is -2.63. The van der Waals surface area contributed by atoms with Crippen LogP contribution in [0.4, 0.5) is 18.9 Å². The zero-order valence-electron chi connectivity index (χ0n) is 19.1. The lowest BCUT2D eigenvalue weighted by atomic mass is 9.54. The molecule has 1 fully saturated rings. The number of hydrogen-bond donors (Lipinski definition) is 1. The second-order valence-corrected chi connectivity index (χ2v) is 10.5. The summed E-state index contributed by atoms with van der Waals surface area (Å²) >= 11 is 12.6. The number of alkyl halides is 3. The van der Waals surface area contributed by atoms with E-state index < -0.39 is 17.2 Å². The van der Waals surface area contributed by atoms with Gasteiger partial charge in [0.2, 0.25) is 0 Å². The van der Waals surface area contributed by atoms with Crippen molar-refractivity contribution in [3.05, 3.63) is 135 Å². The molecule has 0 amide bonds. The number of fused-ring (bicyclic) bond motifs is 1. The van der Waals surface area contributed by atoms with Gasteiger partial charge in [0, 0.05) is 21.1 Å². The normalized spacial score (nSPS) is 19.4. The third kappa shape index (κ3) is 3.46. The van der Waals surface area contributed by atoms with E-state index in [-0.39, 0.29) is 11.5 Å². The van der Waals surface area contributed by atoms with Gasteiger partial charge in [-0.05, 0) is 71.5 Å². The lowest BCUT2D eigenvalue weighted by Gasteiger charge is -2.52. The Hall–Kier alpha value is -2.95. The molecule has 1 N–H and O–H groups in total. The monoisotopic (exact) mass is 523 g/mol. The SMILES string of the molecule is FC(F)(F)c1ccc2c(c1)NC(c1ccccc1)C1(CC1)C2(c1ccc(Cl)cc1)c1ccc(Cl)cc1. The molecule has 6 rings (SSSR count). The van der Waals surface area contributed by atoms with Crippen LogP contribution in [-0.2, 0) is 11.6 Å². The van der Waals surface area contributed by atoms with Crippen molar-refractivity contribution in [3.63, 3.8) is 0 Å². The molecule has 1 saturated carbocycles. The highest BCUT2D eigenvalue weighted by Gasteiger charge is 2.68. The van der Waals surface area contributed by atoms with Gasteiger partial charge >= 0.3 is 6.18 Å². The van der Waals surface area contributed by atoms with Crippen molar-refractivity contribution in [2.24, 2.45) is 5.41 Å². The molecular weight excluding hydrogens is 502 g/mol. The maximum absolute atomic E-state index is 13.8. The Kier molecular flexibility index (Phi) is 5.40. The Labute approximate surface area is 217 Å². The van der Waals surface area contributed by atoms with Crippen LogP contribution in [-0.4, -0.2) is 0 Å². The van der Waals surface area contributed by atoms with Crippen molar-refractivity contribution in [1.82, 2.24) is 0 Å². The summed E-state index contributed by atoms with van der Waals surface area (Å²) in [7, 11) is 0. The quantitative estimate of drug-likeness (QED) is 0.282. The summed E-state index contributed by atoms with van der Waals surface area (Å²) in [5.41, 5.74) is 2.66. The van der Waals surface area contributed by atoms with Gasteiger partial charge in [-0.1, -0.05) is 83.9 Å². The van der Waals surface area contributed by atoms with Crippen LogP contribution in [0.2, 0.25) is 10.0 Å². The van der Waals surface area contributed by atoms with E-state index in [1.54, 1.807) is 6.07 Å². The van der Waals surface area contributed by atoms with Crippen LogP contribution in [0.1, 0.15) is 46.7 Å². The second-order valence-electron chi connectivity index (χ2n) is 9.67. The van der Waals surface area contributed by atoms with E-state index in [1.807, 2.05) is 78.9 Å². The lowest BCUT2D eigenvalue weighted by Crippen LogP contribution is -2.48. The molecule has 0 saturated heterocycles. The van der Waals surface area contributed by atoms with E-state index in [2.05, 4.69) is 5.32 Å². The lowest BCUT2D eigenvalue weighted by molar-refractivity contribution is -0.137. The fourth-order valence-corrected chi connectivity index (χ4v) is 6.50. The fraction of sp³-hybridized carbons (Fsp3) is 0.200. The number of hydrogen-bond acceptors (Lipinski definition) is 1. The topological polar surface area (TPSA) is 12.0 Å². The summed E-state index contributed by atoms with van der Waals surface area (Å²) in [5, 5.41) is 4.76. The van der Waals surface area contributed by atoms with Gasteiger partial charge in [-0.2, -0.15) is 13.2 Å². The number of halogens is 5. The minimum Gasteiger partial charge on any atom is -0.377 e. The van der Waals surface area contributed by atoms with Gasteiger partial charge in [0.1, 0.15) is 0 Å². The van der Waals surface area contributed by atoms with Crippen molar-refractivity contribution in [2.45, 2.75) is 30.5 Å². The Morgan fingerprint density at radius 3 is 1.78 bits per heavy atom. The molecular formula is C30H22Cl2F3N. The Morgan fingerprint density at radius 1 is 0.722 bits per heavy atom. The molecule has 1 atom stereocenters. The van der Waals surface area contributed by atoms with E-state index >= 15 is 0 Å². The molecule has 1 aliphatic heterocycles. The predicted octanol–water partition coefficient (Wildman–Crippen LogP) is 9.29. The van der Waals surface area contributed by atoms with E-state index in [0.29, 0.717) is 15.7 Å². The number of rotatable bonds is 3. The fourth-order valence-electron chi connectivity index (χ4n) is 6.24. The number of anilines is 1.